The van der Waals surface area contributed by atoms with Crippen LogP contribution in [-0.2, 0) is 25.9 Å². The number of aryl methyl sites for hydroxylation is 1. The monoisotopic (exact) mass is 604 g/mol. The molecule has 7 nitrogen and oxygen atoms in total. The van der Waals surface area contributed by atoms with E-state index in [9.17, 15) is 31.1 Å². The van der Waals surface area contributed by atoms with Gasteiger partial charge in [0.15, 0.2) is 0 Å². The Morgan fingerprint density at radius 2 is 1.79 bits per heavy atom. The van der Waals surface area contributed by atoms with E-state index in [1.807, 2.05) is 11.8 Å². The maximum absolute atomic E-state index is 14.3. The van der Waals surface area contributed by atoms with Crippen molar-refractivity contribution in [2.24, 2.45) is 13.0 Å². The predicted octanol–water partition coefficient (Wildman–Crippen LogP) is 6.34. The van der Waals surface area contributed by atoms with Crippen molar-refractivity contribution in [3.63, 3.8) is 0 Å². The van der Waals surface area contributed by atoms with E-state index in [2.05, 4.69) is 16.3 Å². The first-order chi connectivity index (χ1) is 20.3. The lowest BCUT2D eigenvalue weighted by Crippen LogP contribution is -2.29. The molecule has 0 bridgehead atoms. The Hall–Kier alpha value is -3.87. The Morgan fingerprint density at radius 3 is 2.40 bits per heavy atom. The van der Waals surface area contributed by atoms with E-state index in [-0.39, 0.29) is 29.3 Å². The van der Waals surface area contributed by atoms with E-state index in [1.54, 1.807) is 11.6 Å². The largest absolute Gasteiger partial charge is 0.418 e. The summed E-state index contributed by atoms with van der Waals surface area (Å²) in [4.78, 5) is 15.6. The van der Waals surface area contributed by atoms with Crippen molar-refractivity contribution in [3.8, 4) is 5.69 Å². The van der Waals surface area contributed by atoms with E-state index < -0.39 is 40.6 Å². The highest BCUT2D eigenvalue weighted by Gasteiger charge is 2.38. The van der Waals surface area contributed by atoms with Crippen LogP contribution < -0.4 is 5.69 Å². The summed E-state index contributed by atoms with van der Waals surface area (Å²) in [5.74, 6) is -0.0395. The zero-order valence-corrected chi connectivity index (χ0v) is 23.6. The van der Waals surface area contributed by atoms with Crippen LogP contribution in [0.5, 0.6) is 0 Å². The van der Waals surface area contributed by atoms with Crippen LogP contribution in [0.3, 0.4) is 0 Å². The normalized spacial score (nSPS) is 17.7. The van der Waals surface area contributed by atoms with Crippen molar-refractivity contribution in [1.29, 1.82) is 0 Å². The molecular formula is C30H30F6N6O. The minimum Gasteiger partial charge on any atom is -0.320 e. The molecule has 13 heteroatoms. The highest BCUT2D eigenvalue weighted by Crippen LogP contribution is 2.44. The van der Waals surface area contributed by atoms with Gasteiger partial charge in [0.2, 0.25) is 0 Å². The van der Waals surface area contributed by atoms with Gasteiger partial charge in [0, 0.05) is 45.0 Å². The molecule has 228 valence electrons. The topological polar surface area (TPSA) is 60.4 Å². The number of alkyl halides is 6. The Bertz CT molecular complexity index is 1760. The van der Waals surface area contributed by atoms with Crippen LogP contribution >= 0.6 is 0 Å². The van der Waals surface area contributed by atoms with Gasteiger partial charge in [-0.25, -0.2) is 4.79 Å². The third kappa shape index (κ3) is 5.62. The molecule has 0 amide bonds. The lowest BCUT2D eigenvalue weighted by atomic mass is 9.72. The summed E-state index contributed by atoms with van der Waals surface area (Å²) in [5.41, 5.74) is -1.85. The highest BCUT2D eigenvalue weighted by atomic mass is 19.4. The second-order valence-electron chi connectivity index (χ2n) is 11.6. The van der Waals surface area contributed by atoms with Gasteiger partial charge in [-0.1, -0.05) is 18.1 Å². The molecule has 1 aliphatic carbocycles. The van der Waals surface area contributed by atoms with Crippen LogP contribution in [0.4, 0.5) is 26.3 Å². The molecule has 0 radical (unpaired) electrons. The average Bonchev–Trinajstić information content (AvgIpc) is 3.47. The molecule has 4 heterocycles. The molecule has 1 aromatic carbocycles. The van der Waals surface area contributed by atoms with Gasteiger partial charge in [0.25, 0.3) is 0 Å². The smallest absolute Gasteiger partial charge is 0.320 e. The maximum atomic E-state index is 14.3. The third-order valence-electron chi connectivity index (χ3n) is 8.50. The number of imidazole rings is 1. The third-order valence-corrected chi connectivity index (χ3v) is 8.50. The zero-order chi connectivity index (χ0) is 30.7. The summed E-state index contributed by atoms with van der Waals surface area (Å²) in [6, 6.07) is 4.31. The van der Waals surface area contributed by atoms with Crippen LogP contribution in [0.2, 0.25) is 0 Å². The van der Waals surface area contributed by atoms with Gasteiger partial charge in [-0.15, -0.1) is 10.2 Å². The van der Waals surface area contributed by atoms with Gasteiger partial charge in [-0.2, -0.15) is 26.3 Å². The number of fused-ring (bicyclic) bond motifs is 1. The molecule has 0 saturated heterocycles. The molecular weight excluding hydrogens is 574 g/mol. The number of halogens is 6. The highest BCUT2D eigenvalue weighted by molar-refractivity contribution is 5.58. The van der Waals surface area contributed by atoms with E-state index in [4.69, 9.17) is 0 Å². The molecule has 1 saturated carbocycles. The van der Waals surface area contributed by atoms with Crippen LogP contribution in [0.15, 0.2) is 59.4 Å². The molecule has 4 aromatic rings. The molecule has 1 atom stereocenters. The SMILES string of the molecule is CC1=CCCN(Cc2cc(C(F)(F)F)c3cn(-c4cc(C(c5nncn5C)C5CCC5)cc(C(F)(F)F)c4)c(=O)n3c2)C1. The summed E-state index contributed by atoms with van der Waals surface area (Å²) in [6.07, 6.45) is -0.431. The average molecular weight is 605 g/mol. The predicted molar refractivity (Wildman–Crippen MR) is 147 cm³/mol. The molecule has 2 aliphatic rings. The van der Waals surface area contributed by atoms with Crippen LogP contribution in [-0.4, -0.2) is 41.7 Å². The van der Waals surface area contributed by atoms with Gasteiger partial charge in [0.1, 0.15) is 12.2 Å². The minimum atomic E-state index is -4.79. The van der Waals surface area contributed by atoms with Gasteiger partial charge in [-0.05, 0) is 67.5 Å². The van der Waals surface area contributed by atoms with E-state index >= 15 is 0 Å². The molecule has 1 unspecified atom stereocenters. The molecule has 1 fully saturated rings. The van der Waals surface area contributed by atoms with E-state index in [0.29, 0.717) is 18.9 Å². The minimum absolute atomic E-state index is 0.0109. The summed E-state index contributed by atoms with van der Waals surface area (Å²) in [7, 11) is 1.71. The second-order valence-corrected chi connectivity index (χ2v) is 11.6. The number of aromatic nitrogens is 5. The Morgan fingerprint density at radius 1 is 1.02 bits per heavy atom. The summed E-state index contributed by atoms with van der Waals surface area (Å²) in [6.45, 7) is 3.39. The molecule has 0 N–H and O–H groups in total. The zero-order valence-electron chi connectivity index (χ0n) is 23.6. The fraction of sp³-hybridized carbons (Fsp3) is 0.433. The Kier molecular flexibility index (Phi) is 7.26. The first kappa shape index (κ1) is 29.2. The maximum Gasteiger partial charge on any atom is 0.418 e. The second kappa shape index (κ2) is 10.7. The van der Waals surface area contributed by atoms with Crippen molar-refractivity contribution in [3.05, 3.63) is 93.2 Å². The van der Waals surface area contributed by atoms with E-state index in [0.717, 1.165) is 64.6 Å². The van der Waals surface area contributed by atoms with Crippen LogP contribution in [0.25, 0.3) is 11.2 Å². The van der Waals surface area contributed by atoms with Gasteiger partial charge < -0.3 is 4.57 Å². The fourth-order valence-corrected chi connectivity index (χ4v) is 6.22. The van der Waals surface area contributed by atoms with Crippen molar-refractivity contribution < 1.29 is 26.3 Å². The van der Waals surface area contributed by atoms with Gasteiger partial charge in [0.05, 0.1) is 22.3 Å². The molecule has 43 heavy (non-hydrogen) atoms. The van der Waals surface area contributed by atoms with Crippen LogP contribution in [0.1, 0.15) is 66.6 Å². The van der Waals surface area contributed by atoms with Gasteiger partial charge in [-0.3, -0.25) is 13.9 Å². The van der Waals surface area contributed by atoms with Crippen molar-refractivity contribution in [1.82, 2.24) is 28.6 Å². The lowest BCUT2D eigenvalue weighted by Gasteiger charge is -2.34. The molecule has 1 aliphatic heterocycles. The standard InChI is InChI=1S/C30H30F6N6O/c1-18-5-4-8-40(13-18)14-19-9-24(30(34,35)36)25-16-41(28(43)42(25)15-19)23-11-21(10-22(12-23)29(31,32)33)26(20-6-3-7-20)27-38-37-17-39(27)2/h5,9-12,15-17,20,26H,3-4,6-8,13-14H2,1-2H3. The number of benzene rings is 1. The Balaban J connectivity index is 1.51. The number of rotatable bonds is 6. The van der Waals surface area contributed by atoms with E-state index in [1.165, 1.54) is 18.6 Å². The molecule has 0 spiro atoms. The number of pyridine rings is 1. The summed E-state index contributed by atoms with van der Waals surface area (Å²) < 4.78 is 88.9. The van der Waals surface area contributed by atoms with Crippen molar-refractivity contribution >= 4 is 5.52 Å². The quantitative estimate of drug-likeness (QED) is 0.190. The summed E-state index contributed by atoms with van der Waals surface area (Å²) in [5, 5.41) is 8.08. The van der Waals surface area contributed by atoms with Crippen molar-refractivity contribution in [2.45, 2.75) is 57.4 Å². The number of nitrogens with zero attached hydrogens (tertiary/aromatic N) is 6. The summed E-state index contributed by atoms with van der Waals surface area (Å²) >= 11 is 0. The van der Waals surface area contributed by atoms with Crippen molar-refractivity contribution in [2.75, 3.05) is 13.1 Å². The van der Waals surface area contributed by atoms with Crippen LogP contribution in [0, 0.1) is 5.92 Å². The first-order valence-electron chi connectivity index (χ1n) is 14.1. The fourth-order valence-electron chi connectivity index (χ4n) is 6.22. The molecule has 6 rings (SSSR count). The first-order valence-corrected chi connectivity index (χ1v) is 14.1. The molecule has 3 aromatic heterocycles. The van der Waals surface area contributed by atoms with Gasteiger partial charge >= 0.3 is 18.0 Å². The number of hydrogen-bond donors (Lipinski definition) is 0. The lowest BCUT2D eigenvalue weighted by molar-refractivity contribution is -0.138. The number of hydrogen-bond acceptors (Lipinski definition) is 4. The Labute approximate surface area is 243 Å².